The summed E-state index contributed by atoms with van der Waals surface area (Å²) in [6.07, 6.45) is 6.91. The van der Waals surface area contributed by atoms with Crippen molar-refractivity contribution in [1.82, 2.24) is 24.3 Å². The Kier molecular flexibility index (Phi) is 3.15. The molecule has 8 heteroatoms. The third-order valence-corrected chi connectivity index (χ3v) is 3.62. The Morgan fingerprint density at radius 1 is 1.45 bits per heavy atom. The molecule has 3 rings (SSSR count). The van der Waals surface area contributed by atoms with E-state index < -0.39 is 5.97 Å². The largest absolute Gasteiger partial charge is 0.481 e. The second kappa shape index (κ2) is 4.97. The van der Waals surface area contributed by atoms with E-state index in [-0.39, 0.29) is 5.75 Å². The first-order valence-electron chi connectivity index (χ1n) is 5.81. The maximum atomic E-state index is 10.8. The molecule has 0 aliphatic rings. The molecular formula is C12H11N5O2S. The molecule has 0 unspecified atom stereocenters. The average molecular weight is 289 g/mol. The van der Waals surface area contributed by atoms with Crippen LogP contribution in [0.5, 0.6) is 0 Å². The van der Waals surface area contributed by atoms with Crippen LogP contribution in [0.3, 0.4) is 0 Å². The van der Waals surface area contributed by atoms with Gasteiger partial charge in [-0.1, -0.05) is 11.8 Å². The van der Waals surface area contributed by atoms with Crippen molar-refractivity contribution in [2.45, 2.75) is 5.16 Å². The summed E-state index contributed by atoms with van der Waals surface area (Å²) in [5.41, 5.74) is 2.44. The zero-order chi connectivity index (χ0) is 14.1. The Labute approximate surface area is 118 Å². The number of carboxylic acids is 1. The van der Waals surface area contributed by atoms with E-state index in [0.29, 0.717) is 5.16 Å². The fourth-order valence-corrected chi connectivity index (χ4v) is 2.65. The number of hydrogen-bond donors (Lipinski definition) is 1. The average Bonchev–Trinajstić information content (AvgIpc) is 2.99. The van der Waals surface area contributed by atoms with Gasteiger partial charge in [0.05, 0.1) is 29.4 Å². The van der Waals surface area contributed by atoms with Crippen LogP contribution in [-0.4, -0.2) is 41.1 Å². The zero-order valence-corrected chi connectivity index (χ0v) is 11.4. The molecule has 0 aromatic carbocycles. The van der Waals surface area contributed by atoms with Gasteiger partial charge in [0.2, 0.25) is 0 Å². The normalized spacial score (nSPS) is 11.1. The number of pyridine rings is 1. The first kappa shape index (κ1) is 12.7. The van der Waals surface area contributed by atoms with Crippen molar-refractivity contribution < 1.29 is 9.90 Å². The standard InChI is InChI=1S/C12H11N5O2S/c1-16-6-8(4-14-16)17-10-2-3-13-5-9(10)15-12(17)20-7-11(18)19/h2-6H,7H2,1H3,(H,18,19). The van der Waals surface area contributed by atoms with Gasteiger partial charge in [-0.2, -0.15) is 5.10 Å². The number of aliphatic carboxylic acids is 1. The lowest BCUT2D eigenvalue weighted by molar-refractivity contribution is -0.133. The van der Waals surface area contributed by atoms with Gasteiger partial charge in [0, 0.05) is 19.4 Å². The maximum Gasteiger partial charge on any atom is 0.313 e. The third kappa shape index (κ3) is 2.25. The van der Waals surface area contributed by atoms with Crippen molar-refractivity contribution in [2.75, 3.05) is 5.75 Å². The van der Waals surface area contributed by atoms with Gasteiger partial charge in [-0.3, -0.25) is 19.0 Å². The minimum absolute atomic E-state index is 0.0446. The van der Waals surface area contributed by atoms with Crippen molar-refractivity contribution in [3.05, 3.63) is 30.9 Å². The van der Waals surface area contributed by atoms with Crippen LogP contribution in [0.15, 0.2) is 36.0 Å². The molecule has 0 fully saturated rings. The van der Waals surface area contributed by atoms with E-state index in [4.69, 9.17) is 5.11 Å². The minimum Gasteiger partial charge on any atom is -0.481 e. The smallest absolute Gasteiger partial charge is 0.313 e. The summed E-state index contributed by atoms with van der Waals surface area (Å²) in [5.74, 6) is -0.922. The summed E-state index contributed by atoms with van der Waals surface area (Å²) in [4.78, 5) is 19.2. The summed E-state index contributed by atoms with van der Waals surface area (Å²) in [6, 6.07) is 1.85. The van der Waals surface area contributed by atoms with Crippen molar-refractivity contribution in [2.24, 2.45) is 7.05 Å². The number of nitrogens with zero attached hydrogens (tertiary/aromatic N) is 5. The quantitative estimate of drug-likeness (QED) is 0.729. The number of carbonyl (C=O) groups is 1. The number of hydrogen-bond acceptors (Lipinski definition) is 5. The highest BCUT2D eigenvalue weighted by Gasteiger charge is 2.15. The van der Waals surface area contributed by atoms with E-state index in [1.165, 1.54) is 11.8 Å². The summed E-state index contributed by atoms with van der Waals surface area (Å²) < 4.78 is 3.58. The van der Waals surface area contributed by atoms with Crippen molar-refractivity contribution >= 4 is 28.8 Å². The van der Waals surface area contributed by atoms with Crippen LogP contribution in [0.2, 0.25) is 0 Å². The molecule has 3 heterocycles. The van der Waals surface area contributed by atoms with Crippen molar-refractivity contribution in [3.63, 3.8) is 0 Å². The van der Waals surface area contributed by atoms with Crippen LogP contribution in [0.1, 0.15) is 0 Å². The van der Waals surface area contributed by atoms with E-state index in [0.717, 1.165) is 16.7 Å². The predicted molar refractivity (Wildman–Crippen MR) is 74.0 cm³/mol. The molecule has 0 radical (unpaired) electrons. The number of fused-ring (bicyclic) bond motifs is 1. The molecule has 20 heavy (non-hydrogen) atoms. The molecule has 3 aromatic heterocycles. The monoisotopic (exact) mass is 289 g/mol. The van der Waals surface area contributed by atoms with Gasteiger partial charge in [0.1, 0.15) is 5.52 Å². The molecule has 3 aromatic rings. The SMILES string of the molecule is Cn1cc(-n2c(SCC(=O)O)nc3cnccc32)cn1. The Bertz CT molecular complexity index is 779. The van der Waals surface area contributed by atoms with E-state index >= 15 is 0 Å². The highest BCUT2D eigenvalue weighted by molar-refractivity contribution is 7.99. The minimum atomic E-state index is -0.877. The summed E-state index contributed by atoms with van der Waals surface area (Å²) in [6.45, 7) is 0. The zero-order valence-electron chi connectivity index (χ0n) is 10.6. The number of aromatic nitrogens is 5. The van der Waals surface area contributed by atoms with E-state index in [1.54, 1.807) is 23.3 Å². The number of rotatable bonds is 4. The van der Waals surface area contributed by atoms with Crippen molar-refractivity contribution in [3.8, 4) is 5.69 Å². The fourth-order valence-electron chi connectivity index (χ4n) is 1.91. The van der Waals surface area contributed by atoms with Gasteiger partial charge in [-0.05, 0) is 6.07 Å². The Morgan fingerprint density at radius 3 is 3.00 bits per heavy atom. The van der Waals surface area contributed by atoms with E-state index in [2.05, 4.69) is 15.1 Å². The molecule has 0 spiro atoms. The van der Waals surface area contributed by atoms with Crippen molar-refractivity contribution in [1.29, 1.82) is 0 Å². The Hall–Kier alpha value is -2.35. The molecule has 0 saturated carbocycles. The fraction of sp³-hybridized carbons (Fsp3) is 0.167. The van der Waals surface area contributed by atoms with Gasteiger partial charge < -0.3 is 5.11 Å². The predicted octanol–water partition coefficient (Wildman–Crippen LogP) is 1.33. The highest BCUT2D eigenvalue weighted by atomic mass is 32.2. The Balaban J connectivity index is 2.15. The maximum absolute atomic E-state index is 10.8. The van der Waals surface area contributed by atoms with E-state index in [1.807, 2.05) is 23.9 Å². The lowest BCUT2D eigenvalue weighted by atomic mass is 10.4. The lowest BCUT2D eigenvalue weighted by Crippen LogP contribution is -2.01. The molecule has 0 amide bonds. The van der Waals surface area contributed by atoms with Crippen LogP contribution in [-0.2, 0) is 11.8 Å². The number of aryl methyl sites for hydroxylation is 1. The van der Waals surface area contributed by atoms with Crippen LogP contribution in [0, 0.1) is 0 Å². The first-order chi connectivity index (χ1) is 9.65. The molecular weight excluding hydrogens is 278 g/mol. The second-order valence-electron chi connectivity index (χ2n) is 4.15. The highest BCUT2D eigenvalue weighted by Crippen LogP contribution is 2.27. The third-order valence-electron chi connectivity index (χ3n) is 2.70. The van der Waals surface area contributed by atoms with Crippen LogP contribution in [0.4, 0.5) is 0 Å². The molecule has 7 nitrogen and oxygen atoms in total. The molecule has 0 atom stereocenters. The summed E-state index contributed by atoms with van der Waals surface area (Å²) >= 11 is 1.17. The number of imidazole rings is 1. The van der Waals surface area contributed by atoms with Gasteiger partial charge in [0.25, 0.3) is 0 Å². The topological polar surface area (TPSA) is 85.8 Å². The molecule has 0 aliphatic carbocycles. The van der Waals surface area contributed by atoms with Crippen LogP contribution >= 0.6 is 11.8 Å². The lowest BCUT2D eigenvalue weighted by Gasteiger charge is -2.04. The van der Waals surface area contributed by atoms with Crippen LogP contribution < -0.4 is 0 Å². The van der Waals surface area contributed by atoms with Crippen LogP contribution in [0.25, 0.3) is 16.7 Å². The second-order valence-corrected chi connectivity index (χ2v) is 5.09. The van der Waals surface area contributed by atoms with Gasteiger partial charge in [0.15, 0.2) is 5.16 Å². The number of carboxylic acid groups (broad SMARTS) is 1. The number of thioether (sulfide) groups is 1. The summed E-state index contributed by atoms with van der Waals surface area (Å²) in [7, 11) is 1.83. The first-order valence-corrected chi connectivity index (χ1v) is 6.80. The molecule has 0 bridgehead atoms. The molecule has 0 aliphatic heterocycles. The summed E-state index contributed by atoms with van der Waals surface area (Å²) in [5, 5.41) is 13.6. The van der Waals surface area contributed by atoms with Gasteiger partial charge in [-0.25, -0.2) is 4.98 Å². The van der Waals surface area contributed by atoms with E-state index in [9.17, 15) is 4.79 Å². The molecule has 1 N–H and O–H groups in total. The van der Waals surface area contributed by atoms with Gasteiger partial charge >= 0.3 is 5.97 Å². The Morgan fingerprint density at radius 2 is 2.30 bits per heavy atom. The molecule has 0 saturated heterocycles. The molecule has 102 valence electrons. The van der Waals surface area contributed by atoms with Gasteiger partial charge in [-0.15, -0.1) is 0 Å².